The van der Waals surface area contributed by atoms with Crippen LogP contribution in [0, 0.1) is 0 Å². The van der Waals surface area contributed by atoms with Crippen LogP contribution in [0.4, 0.5) is 0 Å². The van der Waals surface area contributed by atoms with E-state index in [1.165, 1.54) is 0 Å². The number of fused-ring (bicyclic) bond motifs is 2. The molecule has 0 unspecified atom stereocenters. The van der Waals surface area contributed by atoms with Gasteiger partial charge in [-0.05, 0) is 47.5 Å². The minimum Gasteiger partial charge on any atom is -0.436 e. The van der Waals surface area contributed by atoms with Gasteiger partial charge in [0, 0.05) is 23.7 Å². The fraction of sp³-hybridized carbons (Fsp3) is 0.200. The quantitative estimate of drug-likeness (QED) is 0.371. The highest BCUT2D eigenvalue weighted by molar-refractivity contribution is 5.82. The van der Waals surface area contributed by atoms with Crippen molar-refractivity contribution in [3.05, 3.63) is 72.2 Å². The number of nitrogens with zero attached hydrogens (tertiary/aromatic N) is 7. The van der Waals surface area contributed by atoms with E-state index < -0.39 is 0 Å². The number of aromatic amines is 1. The van der Waals surface area contributed by atoms with Crippen molar-refractivity contribution in [2.24, 2.45) is 0 Å². The van der Waals surface area contributed by atoms with E-state index in [0.717, 1.165) is 64.0 Å². The Morgan fingerprint density at radius 3 is 2.74 bits per heavy atom. The van der Waals surface area contributed by atoms with Crippen LogP contribution < -0.4 is 0 Å². The normalized spacial score (nSPS) is 11.6. The summed E-state index contributed by atoms with van der Waals surface area (Å²) in [6.45, 7) is 2.86. The van der Waals surface area contributed by atoms with E-state index in [-0.39, 0.29) is 0 Å². The van der Waals surface area contributed by atoms with Gasteiger partial charge in [-0.3, -0.25) is 0 Å². The topological polar surface area (TPSA) is 111 Å². The molecule has 34 heavy (non-hydrogen) atoms. The Morgan fingerprint density at radius 2 is 1.88 bits per heavy atom. The molecule has 0 amide bonds. The Kier molecular flexibility index (Phi) is 5.06. The van der Waals surface area contributed by atoms with Crippen molar-refractivity contribution in [3.63, 3.8) is 0 Å². The van der Waals surface area contributed by atoms with Crippen LogP contribution in [0.1, 0.15) is 31.2 Å². The molecule has 6 rings (SSSR count). The highest BCUT2D eigenvalue weighted by Crippen LogP contribution is 2.32. The van der Waals surface area contributed by atoms with Gasteiger partial charge in [-0.2, -0.15) is 5.21 Å². The number of hydrogen-bond donors (Lipinski definition) is 1. The number of rotatable bonds is 7. The molecule has 0 bridgehead atoms. The lowest BCUT2D eigenvalue weighted by Gasteiger charge is -2.08. The SMILES string of the molecule is CCCCc1nc2cccnc2n1Cc1ccc2nc(-c3ccccc3-c3nn[nH]n3)oc2c1. The first kappa shape index (κ1) is 20.2. The second-order valence-electron chi connectivity index (χ2n) is 8.17. The fourth-order valence-electron chi connectivity index (χ4n) is 4.20. The van der Waals surface area contributed by atoms with E-state index >= 15 is 0 Å². The van der Waals surface area contributed by atoms with E-state index in [9.17, 15) is 0 Å². The highest BCUT2D eigenvalue weighted by atomic mass is 16.3. The fourth-order valence-corrected chi connectivity index (χ4v) is 4.20. The van der Waals surface area contributed by atoms with Gasteiger partial charge >= 0.3 is 0 Å². The molecule has 4 heterocycles. The second kappa shape index (κ2) is 8.51. The van der Waals surface area contributed by atoms with Crippen LogP contribution in [0.3, 0.4) is 0 Å². The number of hydrogen-bond acceptors (Lipinski definition) is 7. The van der Waals surface area contributed by atoms with E-state index in [0.29, 0.717) is 18.3 Å². The number of unbranched alkanes of at least 4 members (excludes halogenated alkanes) is 1. The zero-order valence-electron chi connectivity index (χ0n) is 18.6. The van der Waals surface area contributed by atoms with Gasteiger partial charge in [0.25, 0.3) is 0 Å². The van der Waals surface area contributed by atoms with Crippen molar-refractivity contribution >= 4 is 22.3 Å². The molecule has 0 aliphatic carbocycles. The number of pyridine rings is 1. The molecule has 4 aromatic heterocycles. The summed E-state index contributed by atoms with van der Waals surface area (Å²) in [5, 5.41) is 14.4. The molecule has 2 aromatic carbocycles. The van der Waals surface area contributed by atoms with Gasteiger partial charge in [-0.1, -0.05) is 37.6 Å². The van der Waals surface area contributed by atoms with E-state index in [4.69, 9.17) is 14.4 Å². The van der Waals surface area contributed by atoms with E-state index in [1.54, 1.807) is 0 Å². The summed E-state index contributed by atoms with van der Waals surface area (Å²) in [7, 11) is 0. The summed E-state index contributed by atoms with van der Waals surface area (Å²) < 4.78 is 8.40. The van der Waals surface area contributed by atoms with Gasteiger partial charge in [0.05, 0.1) is 6.54 Å². The summed E-state index contributed by atoms with van der Waals surface area (Å²) in [5.41, 5.74) is 6.07. The van der Waals surface area contributed by atoms with Crippen molar-refractivity contribution in [1.82, 2.24) is 40.1 Å². The van der Waals surface area contributed by atoms with E-state index in [2.05, 4.69) is 43.2 Å². The van der Waals surface area contributed by atoms with Crippen molar-refractivity contribution in [3.8, 4) is 22.8 Å². The van der Waals surface area contributed by atoms with E-state index in [1.807, 2.05) is 54.7 Å². The first-order valence-corrected chi connectivity index (χ1v) is 11.3. The number of oxazole rings is 1. The monoisotopic (exact) mass is 450 g/mol. The third-order valence-electron chi connectivity index (χ3n) is 5.87. The average Bonchev–Trinajstić information content (AvgIpc) is 3.62. The minimum atomic E-state index is 0.498. The largest absolute Gasteiger partial charge is 0.436 e. The highest BCUT2D eigenvalue weighted by Gasteiger charge is 2.17. The Morgan fingerprint density at radius 1 is 0.971 bits per heavy atom. The smallest absolute Gasteiger partial charge is 0.228 e. The summed E-state index contributed by atoms with van der Waals surface area (Å²) in [6, 6.07) is 17.8. The van der Waals surface area contributed by atoms with Gasteiger partial charge in [0.2, 0.25) is 11.7 Å². The standard InChI is InChI=1S/C25H22N8O/c1-2-3-10-22-27-20-9-6-13-26-24(20)33(22)15-16-11-12-19-21(14-16)34-25(28-19)18-8-5-4-7-17(18)23-29-31-32-30-23/h4-9,11-14H,2-3,10,15H2,1H3,(H,29,30,31,32). The van der Waals surface area contributed by atoms with Crippen LogP contribution in [-0.2, 0) is 13.0 Å². The third-order valence-corrected chi connectivity index (χ3v) is 5.87. The summed E-state index contributed by atoms with van der Waals surface area (Å²) in [5.74, 6) is 2.08. The van der Waals surface area contributed by atoms with Crippen molar-refractivity contribution in [1.29, 1.82) is 0 Å². The van der Waals surface area contributed by atoms with Gasteiger partial charge in [-0.15, -0.1) is 10.2 Å². The molecule has 0 radical (unpaired) electrons. The molecular formula is C25H22N8O. The predicted molar refractivity (Wildman–Crippen MR) is 128 cm³/mol. The number of imidazole rings is 1. The van der Waals surface area contributed by atoms with Crippen molar-refractivity contribution in [2.75, 3.05) is 0 Å². The summed E-state index contributed by atoms with van der Waals surface area (Å²) in [6.07, 6.45) is 4.95. The molecular weight excluding hydrogens is 428 g/mol. The number of tetrazole rings is 1. The molecule has 6 aromatic rings. The summed E-state index contributed by atoms with van der Waals surface area (Å²) >= 11 is 0. The molecule has 0 fully saturated rings. The number of aromatic nitrogens is 8. The van der Waals surface area contributed by atoms with Gasteiger partial charge < -0.3 is 8.98 Å². The number of nitrogens with one attached hydrogen (secondary N) is 1. The lowest BCUT2D eigenvalue weighted by Crippen LogP contribution is -2.06. The average molecular weight is 451 g/mol. The molecule has 1 N–H and O–H groups in total. The van der Waals surface area contributed by atoms with Gasteiger partial charge in [0.1, 0.15) is 16.9 Å². The van der Waals surface area contributed by atoms with Crippen LogP contribution in [-0.4, -0.2) is 40.1 Å². The number of H-pyrrole nitrogens is 1. The first-order valence-electron chi connectivity index (χ1n) is 11.3. The lowest BCUT2D eigenvalue weighted by atomic mass is 10.1. The second-order valence-corrected chi connectivity index (χ2v) is 8.17. The van der Waals surface area contributed by atoms with Crippen LogP contribution in [0.5, 0.6) is 0 Å². The van der Waals surface area contributed by atoms with Crippen LogP contribution in [0.25, 0.3) is 45.1 Å². The maximum Gasteiger partial charge on any atom is 0.228 e. The molecule has 0 saturated carbocycles. The molecule has 0 saturated heterocycles. The maximum atomic E-state index is 6.20. The molecule has 9 heteroatoms. The van der Waals surface area contributed by atoms with Crippen molar-refractivity contribution < 1.29 is 4.42 Å². The Hall–Kier alpha value is -4.40. The molecule has 0 atom stereocenters. The molecule has 168 valence electrons. The third kappa shape index (κ3) is 3.61. The Balaban J connectivity index is 1.38. The molecule has 9 nitrogen and oxygen atoms in total. The lowest BCUT2D eigenvalue weighted by molar-refractivity contribution is 0.618. The molecule has 0 aliphatic heterocycles. The zero-order chi connectivity index (χ0) is 22.9. The minimum absolute atomic E-state index is 0.498. The van der Waals surface area contributed by atoms with Gasteiger partial charge in [0.15, 0.2) is 11.2 Å². The first-order chi connectivity index (χ1) is 16.8. The van der Waals surface area contributed by atoms with Gasteiger partial charge in [-0.25, -0.2) is 15.0 Å². The number of benzene rings is 2. The summed E-state index contributed by atoms with van der Waals surface area (Å²) in [4.78, 5) is 14.1. The van der Waals surface area contributed by atoms with Crippen LogP contribution >= 0.6 is 0 Å². The molecule has 0 aliphatic rings. The maximum absolute atomic E-state index is 6.20. The zero-order valence-corrected chi connectivity index (χ0v) is 18.6. The Labute approximate surface area is 194 Å². The predicted octanol–water partition coefficient (Wildman–Crippen LogP) is 4.81. The molecule has 0 spiro atoms. The Bertz CT molecular complexity index is 1580. The van der Waals surface area contributed by atoms with Crippen LogP contribution in [0.15, 0.2) is 65.2 Å². The van der Waals surface area contributed by atoms with Crippen LogP contribution in [0.2, 0.25) is 0 Å². The van der Waals surface area contributed by atoms with Crippen molar-refractivity contribution in [2.45, 2.75) is 32.7 Å². The number of aryl methyl sites for hydroxylation is 1.